The van der Waals surface area contributed by atoms with Gasteiger partial charge in [-0.1, -0.05) is 0 Å². The molecule has 12 heteroatoms. The van der Waals surface area contributed by atoms with E-state index in [1.165, 1.54) is 16.7 Å². The first-order valence-electron chi connectivity index (χ1n) is 8.31. The summed E-state index contributed by atoms with van der Waals surface area (Å²) in [7, 11) is 3.42. The van der Waals surface area contributed by atoms with Crippen LogP contribution in [0.2, 0.25) is 0 Å². The number of carbonyl (C=O) groups is 3. The molecule has 0 saturated carbocycles. The van der Waals surface area contributed by atoms with Crippen molar-refractivity contribution in [2.24, 2.45) is 5.92 Å². The number of nitrogens with zero attached hydrogens (tertiary/aromatic N) is 2. The SMILES string of the molecule is C[C@@H](O)[C@H]1C(=O)N2C(C(=O)O)=C(SC3CN[C@H](C(=O)N(C)C)C3)C[C@H]12.O.O.O. The largest absolute Gasteiger partial charge is 0.477 e. The first kappa shape index (κ1) is 26.3. The molecule has 3 rings (SSSR count). The predicted octanol–water partition coefficient (Wildman–Crippen LogP) is -3.03. The maximum absolute atomic E-state index is 12.2. The Balaban J connectivity index is 0.00000243. The number of carboxylic acid groups (broad SMARTS) is 1. The Labute approximate surface area is 166 Å². The maximum atomic E-state index is 12.2. The Morgan fingerprint density at radius 1 is 1.29 bits per heavy atom. The van der Waals surface area contributed by atoms with Gasteiger partial charge in [-0.3, -0.25) is 9.59 Å². The van der Waals surface area contributed by atoms with Crippen molar-refractivity contribution < 1.29 is 41.0 Å². The fourth-order valence-corrected chi connectivity index (χ4v) is 5.27. The van der Waals surface area contributed by atoms with Crippen molar-refractivity contribution in [1.82, 2.24) is 15.1 Å². The second-order valence-electron chi connectivity index (χ2n) is 6.99. The van der Waals surface area contributed by atoms with Crippen molar-refractivity contribution in [3.8, 4) is 0 Å². The van der Waals surface area contributed by atoms with E-state index in [0.29, 0.717) is 24.3 Å². The summed E-state index contributed by atoms with van der Waals surface area (Å²) in [5.41, 5.74) is 0.0410. The molecular weight excluding hydrogens is 394 g/mol. The van der Waals surface area contributed by atoms with Gasteiger partial charge in [-0.2, -0.15) is 0 Å². The molecule has 0 aromatic rings. The van der Waals surface area contributed by atoms with E-state index < -0.39 is 18.0 Å². The van der Waals surface area contributed by atoms with Crippen molar-refractivity contribution in [1.29, 1.82) is 0 Å². The lowest BCUT2D eigenvalue weighted by Crippen LogP contribution is -2.61. The number of thioether (sulfide) groups is 1. The molecule has 2 saturated heterocycles. The van der Waals surface area contributed by atoms with Crippen molar-refractivity contribution >= 4 is 29.5 Å². The number of rotatable bonds is 5. The standard InChI is InChI=1S/C16H23N3O5S.3H2O/c1-7(20)12-10-5-11(13(16(23)24)19(10)15(12)22)25-8-4-9(17-6-8)14(21)18(2)3;;;/h7-10,12,17,20H,4-6H2,1-3H3,(H,23,24);3*1H2/t7-,8?,9+,10-,12-;;;/m1.../s1. The highest BCUT2D eigenvalue weighted by Crippen LogP contribution is 2.48. The molecular formula is C16H29N3O8S. The van der Waals surface area contributed by atoms with Crippen LogP contribution in [0, 0.1) is 5.92 Å². The smallest absolute Gasteiger partial charge is 0.353 e. The average molecular weight is 423 g/mol. The molecule has 162 valence electrons. The molecule has 0 aliphatic carbocycles. The van der Waals surface area contributed by atoms with E-state index in [4.69, 9.17) is 0 Å². The van der Waals surface area contributed by atoms with Crippen molar-refractivity contribution in [2.75, 3.05) is 20.6 Å². The van der Waals surface area contributed by atoms with Crippen molar-refractivity contribution in [3.05, 3.63) is 10.6 Å². The van der Waals surface area contributed by atoms with E-state index in [-0.39, 0.29) is 51.3 Å². The lowest BCUT2D eigenvalue weighted by molar-refractivity contribution is -0.161. The third kappa shape index (κ3) is 4.31. The van der Waals surface area contributed by atoms with Gasteiger partial charge in [-0.05, 0) is 13.3 Å². The first-order valence-corrected chi connectivity index (χ1v) is 9.19. The van der Waals surface area contributed by atoms with Gasteiger partial charge in [0.1, 0.15) is 5.70 Å². The summed E-state index contributed by atoms with van der Waals surface area (Å²) in [6, 6.07) is -0.527. The molecule has 3 aliphatic rings. The summed E-state index contributed by atoms with van der Waals surface area (Å²) in [5, 5.41) is 22.5. The van der Waals surface area contributed by atoms with Gasteiger partial charge >= 0.3 is 5.97 Å². The van der Waals surface area contributed by atoms with Crippen LogP contribution in [0.15, 0.2) is 10.6 Å². The van der Waals surface area contributed by atoms with E-state index >= 15 is 0 Å². The molecule has 3 aliphatic heterocycles. The number of nitrogens with one attached hydrogen (secondary N) is 1. The lowest BCUT2D eigenvalue weighted by atomic mass is 9.83. The molecule has 5 atom stereocenters. The number of aliphatic carboxylic acids is 1. The highest BCUT2D eigenvalue weighted by molar-refractivity contribution is 8.03. The van der Waals surface area contributed by atoms with Crippen molar-refractivity contribution in [2.45, 2.75) is 43.2 Å². The zero-order valence-electron chi connectivity index (χ0n) is 15.9. The third-order valence-corrected chi connectivity index (χ3v) is 6.37. The number of amides is 2. The fourth-order valence-electron chi connectivity index (χ4n) is 3.83. The van der Waals surface area contributed by atoms with Crippen LogP contribution in [-0.4, -0.2) is 98.3 Å². The highest BCUT2D eigenvalue weighted by atomic mass is 32.2. The zero-order chi connectivity index (χ0) is 18.5. The van der Waals surface area contributed by atoms with Gasteiger partial charge in [0.25, 0.3) is 0 Å². The molecule has 0 spiro atoms. The van der Waals surface area contributed by atoms with E-state index in [9.17, 15) is 24.6 Å². The molecule has 0 aromatic heterocycles. The summed E-state index contributed by atoms with van der Waals surface area (Å²) in [4.78, 5) is 39.4. The molecule has 0 bridgehead atoms. The Hall–Kier alpha value is -1.70. The number of hydrogen-bond acceptors (Lipinski definition) is 6. The highest BCUT2D eigenvalue weighted by Gasteiger charge is 2.57. The number of aliphatic hydroxyl groups is 1. The van der Waals surface area contributed by atoms with E-state index in [0.717, 1.165) is 0 Å². The van der Waals surface area contributed by atoms with Crippen LogP contribution in [0.5, 0.6) is 0 Å². The number of fused-ring (bicyclic) bond motifs is 1. The van der Waals surface area contributed by atoms with Crippen LogP contribution in [0.25, 0.3) is 0 Å². The fraction of sp³-hybridized carbons (Fsp3) is 0.688. The summed E-state index contributed by atoms with van der Waals surface area (Å²) in [6.07, 6.45) is 0.288. The normalized spacial score (nSPS) is 29.0. The molecule has 2 fully saturated rings. The third-order valence-electron chi connectivity index (χ3n) is 5.03. The van der Waals surface area contributed by atoms with Gasteiger partial charge in [-0.15, -0.1) is 11.8 Å². The topological polar surface area (TPSA) is 205 Å². The minimum absolute atomic E-state index is 0. The van der Waals surface area contributed by atoms with Gasteiger partial charge in [-0.25, -0.2) is 4.79 Å². The summed E-state index contributed by atoms with van der Waals surface area (Å²) in [5.74, 6) is -1.96. The van der Waals surface area contributed by atoms with Crippen LogP contribution in [0.4, 0.5) is 0 Å². The summed E-state index contributed by atoms with van der Waals surface area (Å²) in [6.45, 7) is 2.17. The number of carboxylic acids is 1. The number of aliphatic hydroxyl groups excluding tert-OH is 1. The maximum Gasteiger partial charge on any atom is 0.353 e. The second-order valence-corrected chi connectivity index (χ2v) is 8.39. The van der Waals surface area contributed by atoms with Crippen LogP contribution in [0.1, 0.15) is 19.8 Å². The Morgan fingerprint density at radius 3 is 2.39 bits per heavy atom. The second kappa shape index (κ2) is 9.67. The van der Waals surface area contributed by atoms with Crippen LogP contribution in [0.3, 0.4) is 0 Å². The van der Waals surface area contributed by atoms with Crippen LogP contribution < -0.4 is 5.32 Å². The molecule has 28 heavy (non-hydrogen) atoms. The van der Waals surface area contributed by atoms with Gasteiger partial charge in [0, 0.05) is 37.2 Å². The number of carbonyl (C=O) groups excluding carboxylic acids is 2. The summed E-state index contributed by atoms with van der Waals surface area (Å²) < 4.78 is 0. The van der Waals surface area contributed by atoms with Crippen molar-refractivity contribution in [3.63, 3.8) is 0 Å². The zero-order valence-corrected chi connectivity index (χ0v) is 16.7. The van der Waals surface area contributed by atoms with Crippen LogP contribution in [-0.2, 0) is 14.4 Å². The number of hydrogen-bond donors (Lipinski definition) is 3. The van der Waals surface area contributed by atoms with Gasteiger partial charge in [0.15, 0.2) is 0 Å². The number of likely N-dealkylation sites (N-methyl/N-ethyl adjacent to an activating group) is 1. The van der Waals surface area contributed by atoms with Crippen LogP contribution >= 0.6 is 11.8 Å². The number of β-lactam (4-membered cyclic amide) rings is 1. The van der Waals surface area contributed by atoms with Gasteiger partial charge in [0.05, 0.1) is 24.1 Å². The molecule has 9 N–H and O–H groups in total. The Bertz CT molecular complexity index is 654. The lowest BCUT2D eigenvalue weighted by Gasteiger charge is -2.44. The molecule has 0 radical (unpaired) electrons. The monoisotopic (exact) mass is 423 g/mol. The van der Waals surface area contributed by atoms with Gasteiger partial charge < -0.3 is 41.8 Å². The molecule has 3 heterocycles. The predicted molar refractivity (Wildman–Crippen MR) is 102 cm³/mol. The molecule has 1 unspecified atom stereocenters. The minimum Gasteiger partial charge on any atom is -0.477 e. The summed E-state index contributed by atoms with van der Waals surface area (Å²) >= 11 is 1.44. The van der Waals surface area contributed by atoms with Gasteiger partial charge in [0.2, 0.25) is 11.8 Å². The van der Waals surface area contributed by atoms with E-state index in [2.05, 4.69) is 5.32 Å². The first-order chi connectivity index (χ1) is 11.7. The minimum atomic E-state index is -1.12. The molecule has 0 aromatic carbocycles. The Kier molecular flexibility index (Phi) is 9.09. The van der Waals surface area contributed by atoms with E-state index in [1.54, 1.807) is 25.9 Å². The molecule has 2 amide bonds. The average Bonchev–Trinajstić information content (AvgIpc) is 3.09. The quantitative estimate of drug-likeness (QED) is 0.390. The van der Waals surface area contributed by atoms with E-state index in [1.807, 2.05) is 0 Å². The Morgan fingerprint density at radius 2 is 1.89 bits per heavy atom. The molecule has 11 nitrogen and oxygen atoms in total.